The topological polar surface area (TPSA) is 152 Å². The Morgan fingerprint density at radius 3 is 0.890 bits per heavy atom. The van der Waals surface area contributed by atoms with E-state index in [0.29, 0.717) is 61.9 Å². The molecule has 21 heteroatoms. The van der Waals surface area contributed by atoms with E-state index in [0.717, 1.165) is 27.8 Å². The van der Waals surface area contributed by atoms with Crippen LogP contribution in [0.1, 0.15) is 51.5 Å². The van der Waals surface area contributed by atoms with Crippen molar-refractivity contribution in [3.63, 3.8) is 0 Å². The van der Waals surface area contributed by atoms with Crippen LogP contribution in [0.25, 0.3) is 102 Å². The first-order chi connectivity index (χ1) is 57.0. The van der Waals surface area contributed by atoms with Crippen molar-refractivity contribution in [1.29, 1.82) is 0 Å². The van der Waals surface area contributed by atoms with Gasteiger partial charge in [0.25, 0.3) is 0 Å². The van der Waals surface area contributed by atoms with E-state index in [-0.39, 0.29) is 30.0 Å². The SMILES string of the molecule is O=S(=O)(Cc1cc2c(cc1-c1nc(-c3ccccc3)nc(-c3ccccc3)n1)-c1ccccc1C2(c1ccccc1)c1ccccc1)C(F)(F)C(F)(F)C(F)(F)C(F)(F)F.OB(O)c1ccccc1.[2HH].c1ccc(-c2nc(-c3ccccc3)nc(-c3cc4c(cc3-c3ccccc3)C(c3ccccc3)(c3ccccc3)c3ccccc3-4)n2)cc1. The van der Waals surface area contributed by atoms with Gasteiger partial charge in [-0.05, 0) is 107 Å². The van der Waals surface area contributed by atoms with Crippen molar-refractivity contribution in [3.05, 3.63) is 426 Å². The van der Waals surface area contributed by atoms with Gasteiger partial charge in [-0.1, -0.05) is 358 Å². The highest BCUT2D eigenvalue weighted by molar-refractivity contribution is 7.91. The second-order valence-corrected chi connectivity index (χ2v) is 30.2. The molecule has 0 radical (unpaired) electrons. The van der Waals surface area contributed by atoms with Gasteiger partial charge in [-0.15, -0.1) is 0 Å². The third-order valence-corrected chi connectivity index (χ3v) is 22.9. The molecule has 2 N–H and O–H groups in total. The first-order valence-electron chi connectivity index (χ1n) is 37.4. The molecule has 2 aliphatic rings. The van der Waals surface area contributed by atoms with E-state index >= 15 is 8.78 Å². The van der Waals surface area contributed by atoms with Gasteiger partial charge in [-0.25, -0.2) is 38.3 Å². The minimum absolute atomic E-state index is 0. The highest BCUT2D eigenvalue weighted by atomic mass is 32.2. The van der Waals surface area contributed by atoms with Crippen LogP contribution in [-0.4, -0.2) is 78.8 Å². The number of nitrogens with zero attached hydrogens (tertiary/aromatic N) is 6. The van der Waals surface area contributed by atoms with Crippen molar-refractivity contribution in [3.8, 4) is 102 Å². The maximum absolute atomic E-state index is 15.6. The predicted molar refractivity (Wildman–Crippen MR) is 444 cm³/mol. The fourth-order valence-corrected chi connectivity index (χ4v) is 17.1. The van der Waals surface area contributed by atoms with Crippen LogP contribution in [0.5, 0.6) is 0 Å². The third kappa shape index (κ3) is 14.1. The average Bonchev–Trinajstić information content (AvgIpc) is 1.55. The van der Waals surface area contributed by atoms with Gasteiger partial charge < -0.3 is 10.0 Å². The Kier molecular flexibility index (Phi) is 21.2. The monoisotopic (exact) mass is 1600 g/mol. The lowest BCUT2D eigenvalue weighted by atomic mass is 9.67. The number of alkyl halides is 9. The van der Waals surface area contributed by atoms with Gasteiger partial charge in [0.2, 0.25) is 9.84 Å². The van der Waals surface area contributed by atoms with E-state index in [1.54, 1.807) is 164 Å². The summed E-state index contributed by atoms with van der Waals surface area (Å²) >= 11 is 0. The van der Waals surface area contributed by atoms with Crippen LogP contribution in [-0.2, 0) is 26.4 Å². The van der Waals surface area contributed by atoms with Gasteiger partial charge in [0.15, 0.2) is 34.9 Å². The number of benzene rings is 14. The smallest absolute Gasteiger partial charge is 0.423 e. The van der Waals surface area contributed by atoms with Crippen molar-refractivity contribution in [2.45, 2.75) is 39.9 Å². The second-order valence-electron chi connectivity index (χ2n) is 28.2. The van der Waals surface area contributed by atoms with Gasteiger partial charge in [0.1, 0.15) is 0 Å². The highest BCUT2D eigenvalue weighted by Crippen LogP contribution is 2.61. The Morgan fingerprint density at radius 2 is 0.559 bits per heavy atom. The van der Waals surface area contributed by atoms with Crippen LogP contribution >= 0.6 is 0 Å². The predicted octanol–water partition coefficient (Wildman–Crippen LogP) is 22.1. The molecular formula is C97H68BF9N6O4S. The van der Waals surface area contributed by atoms with E-state index in [1.807, 2.05) is 48.5 Å². The third-order valence-electron chi connectivity index (χ3n) is 21.2. The first kappa shape index (κ1) is 78.3. The molecule has 0 aliphatic heterocycles. The Labute approximate surface area is 675 Å². The Morgan fingerprint density at radius 1 is 0.280 bits per heavy atom. The van der Waals surface area contributed by atoms with E-state index in [1.165, 1.54) is 45.5 Å². The molecule has 2 heterocycles. The quantitative estimate of drug-likeness (QED) is 0.0666. The standard InChI is InChI=1S/C46H31N3.C45H28F9N3O2S.C6H7BO2.H2/c1-6-18-32(19-7-1)38-31-42-39(37-28-16-17-29-41(37)46(42,35-24-12-4-13-25-35)36-26-14-5-15-27-36)30-40(38)45-48-43(33-20-8-2-9-21-33)47-44(49-45)34-22-10-3-11-23-34;46-42(47,44(50,51)52)43(48,49)45(53,54)60(58,59)27-30-25-37-35(33-23-13-14-24-36(33)41(37,31-19-9-3-10-20-31)32-21-11-4-12-22-32)26-34(30)40-56-38(28-15-5-1-6-16-28)55-39(57-40)29-17-7-2-8-18-29;8-7(9)6-4-2-1-3-5-6;/h1-31H;1-26H,27H2;1-5,8-9H;1H/i;;;1+1. The molecule has 0 spiro atoms. The molecule has 0 saturated carbocycles. The van der Waals surface area contributed by atoms with Gasteiger partial charge >= 0.3 is 30.4 Å². The molecule has 0 atom stereocenters. The largest absolute Gasteiger partial charge is 0.488 e. The van der Waals surface area contributed by atoms with Crippen LogP contribution < -0.4 is 5.46 Å². The maximum Gasteiger partial charge on any atom is 0.488 e. The molecule has 0 unspecified atom stereocenters. The molecule has 0 fully saturated rings. The van der Waals surface area contributed by atoms with Crippen molar-refractivity contribution in [1.82, 2.24) is 29.9 Å². The summed E-state index contributed by atoms with van der Waals surface area (Å²) in [7, 11) is -8.30. The van der Waals surface area contributed by atoms with Crippen LogP contribution in [0.15, 0.2) is 376 Å². The van der Waals surface area contributed by atoms with Crippen molar-refractivity contribution < 1.29 is 59.4 Å². The number of rotatable bonds is 17. The molecule has 2 aliphatic carbocycles. The Bertz CT molecular complexity index is 6220. The molecule has 14 aromatic carbocycles. The van der Waals surface area contributed by atoms with Gasteiger partial charge in [-0.2, -0.15) is 39.5 Å². The van der Waals surface area contributed by atoms with E-state index in [2.05, 4.69) is 167 Å². The van der Waals surface area contributed by atoms with Crippen LogP contribution in [0.3, 0.4) is 0 Å². The first-order valence-corrected chi connectivity index (χ1v) is 39.1. The zero-order valence-electron chi connectivity index (χ0n) is 62.3. The molecule has 10 nitrogen and oxygen atoms in total. The summed E-state index contributed by atoms with van der Waals surface area (Å²) in [6.07, 6.45) is -7.24. The van der Waals surface area contributed by atoms with Crippen molar-refractivity contribution in [2.24, 2.45) is 0 Å². The van der Waals surface area contributed by atoms with Gasteiger partial charge in [-0.3, -0.25) is 0 Å². The normalized spacial score (nSPS) is 13.1. The number of sulfone groups is 1. The second kappa shape index (κ2) is 31.9. The number of hydrogen-bond donors (Lipinski definition) is 2. The van der Waals surface area contributed by atoms with Gasteiger partial charge in [0.05, 0.1) is 16.6 Å². The molecule has 582 valence electrons. The minimum Gasteiger partial charge on any atom is -0.423 e. The number of aromatic nitrogens is 6. The van der Waals surface area contributed by atoms with Crippen LogP contribution in [0.4, 0.5) is 39.5 Å². The summed E-state index contributed by atoms with van der Waals surface area (Å²) < 4.78 is 156. The van der Waals surface area contributed by atoms with E-state index in [4.69, 9.17) is 25.0 Å². The summed E-state index contributed by atoms with van der Waals surface area (Å²) in [6.45, 7) is 0. The van der Waals surface area contributed by atoms with Crippen molar-refractivity contribution in [2.75, 3.05) is 0 Å². The van der Waals surface area contributed by atoms with Gasteiger partial charge in [0, 0.05) is 34.8 Å². The lowest BCUT2D eigenvalue weighted by Gasteiger charge is -2.34. The maximum atomic E-state index is 15.6. The lowest BCUT2D eigenvalue weighted by molar-refractivity contribution is -0.382. The summed E-state index contributed by atoms with van der Waals surface area (Å²) in [5.41, 5.74) is 14.1. The molecule has 118 heavy (non-hydrogen) atoms. The van der Waals surface area contributed by atoms with E-state index < -0.39 is 62.4 Å². The summed E-state index contributed by atoms with van der Waals surface area (Å²) in [6, 6.07) is 119. The number of halogens is 9. The lowest BCUT2D eigenvalue weighted by Crippen LogP contribution is -2.63. The fourth-order valence-electron chi connectivity index (χ4n) is 15.7. The van der Waals surface area contributed by atoms with Crippen molar-refractivity contribution >= 4 is 22.4 Å². The molecule has 18 rings (SSSR count). The molecule has 0 amide bonds. The zero-order chi connectivity index (χ0) is 82.0. The van der Waals surface area contributed by atoms with Crippen LogP contribution in [0.2, 0.25) is 0 Å². The fraction of sp³-hybridized carbons (Fsp3) is 0.0722. The summed E-state index contributed by atoms with van der Waals surface area (Å²) in [5, 5.41) is 10.2. The number of fused-ring (bicyclic) bond motifs is 6. The summed E-state index contributed by atoms with van der Waals surface area (Å²) in [4.78, 5) is 29.1. The highest BCUT2D eigenvalue weighted by Gasteiger charge is 2.85. The Hall–Kier alpha value is -13.6. The summed E-state index contributed by atoms with van der Waals surface area (Å²) in [5.74, 6) is -15.4. The average molecular weight is 1600 g/mol. The van der Waals surface area contributed by atoms with Crippen LogP contribution in [0, 0.1) is 0 Å². The molecule has 2 aromatic heterocycles. The van der Waals surface area contributed by atoms with E-state index in [9.17, 15) is 39.2 Å². The molecule has 0 saturated heterocycles. The minimum atomic E-state index is -7.45. The molecule has 16 aromatic rings. The number of hydrogen-bond acceptors (Lipinski definition) is 10. The molecule has 0 bridgehead atoms. The Balaban J connectivity index is 0.000000169. The zero-order valence-corrected chi connectivity index (χ0v) is 63.1. The molecular weight excluding hydrogens is 1530 g/mol.